The third kappa shape index (κ3) is 6.45. The van der Waals surface area contributed by atoms with Gasteiger partial charge in [0.15, 0.2) is 0 Å². The number of para-hydroxylation sites is 1. The first-order valence-corrected chi connectivity index (χ1v) is 12.0. The molecule has 2 heterocycles. The number of nitrogens with one attached hydrogen (secondary N) is 2. The van der Waals surface area contributed by atoms with Crippen LogP contribution < -0.4 is 15.4 Å². The highest BCUT2D eigenvalue weighted by Gasteiger charge is 2.50. The van der Waals surface area contributed by atoms with Gasteiger partial charge in [-0.25, -0.2) is 4.79 Å². The first-order chi connectivity index (χ1) is 16.5. The zero-order valence-corrected chi connectivity index (χ0v) is 20.3. The Bertz CT molecular complexity index is 883. The van der Waals surface area contributed by atoms with E-state index in [4.69, 9.17) is 9.84 Å². The quantitative estimate of drug-likeness (QED) is 0.428. The van der Waals surface area contributed by atoms with Crippen LogP contribution in [0.1, 0.15) is 45.1 Å². The van der Waals surface area contributed by atoms with Crippen LogP contribution in [0.5, 0.6) is 5.75 Å². The molecular formula is C24H35F3N4O4. The normalized spacial score (nSPS) is 25.3. The molecule has 3 rings (SSSR count). The number of halogens is 3. The molecular weight excluding hydrogens is 465 g/mol. The maximum absolute atomic E-state index is 13.4. The molecule has 4 atom stereocenters. The molecule has 1 aromatic carbocycles. The number of alkyl halides is 3. The summed E-state index contributed by atoms with van der Waals surface area (Å²) in [5.41, 5.74) is -0.854. The van der Waals surface area contributed by atoms with Crippen LogP contribution in [-0.2, 0) is 11.0 Å². The van der Waals surface area contributed by atoms with Gasteiger partial charge in [-0.05, 0) is 30.9 Å². The number of likely N-dealkylation sites (N-methyl/N-ethyl adjacent to an activating group) is 1. The summed E-state index contributed by atoms with van der Waals surface area (Å²) in [6.45, 7) is 4.35. The van der Waals surface area contributed by atoms with Gasteiger partial charge >= 0.3 is 12.2 Å². The zero-order valence-electron chi connectivity index (χ0n) is 20.3. The molecule has 11 heteroatoms. The molecule has 2 fully saturated rings. The maximum atomic E-state index is 13.4. The lowest BCUT2D eigenvalue weighted by Gasteiger charge is -2.51. The van der Waals surface area contributed by atoms with Crippen LogP contribution >= 0.6 is 0 Å². The first kappa shape index (κ1) is 27.2. The second-order valence-corrected chi connectivity index (χ2v) is 9.57. The van der Waals surface area contributed by atoms with Gasteiger partial charge in [-0.2, -0.15) is 13.2 Å². The van der Waals surface area contributed by atoms with Crippen LogP contribution in [-0.4, -0.2) is 77.9 Å². The van der Waals surface area contributed by atoms with Crippen molar-refractivity contribution in [3.63, 3.8) is 0 Å². The van der Waals surface area contributed by atoms with Crippen molar-refractivity contribution in [2.45, 2.75) is 70.0 Å². The maximum Gasteiger partial charge on any atom is 0.419 e. The van der Waals surface area contributed by atoms with Crippen LogP contribution in [0, 0.1) is 5.92 Å². The number of benzene rings is 1. The lowest BCUT2D eigenvalue weighted by atomic mass is 9.93. The third-order valence-corrected chi connectivity index (χ3v) is 6.39. The van der Waals surface area contributed by atoms with E-state index >= 15 is 0 Å². The summed E-state index contributed by atoms with van der Waals surface area (Å²) in [5.74, 6) is -0.472. The van der Waals surface area contributed by atoms with Crippen LogP contribution in [0.4, 0.5) is 18.0 Å². The minimum absolute atomic E-state index is 0.0807. The summed E-state index contributed by atoms with van der Waals surface area (Å²) in [4.78, 5) is 28.5. The van der Waals surface area contributed by atoms with E-state index in [1.807, 2.05) is 13.8 Å². The summed E-state index contributed by atoms with van der Waals surface area (Å²) in [5, 5.41) is 15.8. The van der Waals surface area contributed by atoms with E-state index in [-0.39, 0.29) is 36.8 Å². The topological polar surface area (TPSA) is 94.1 Å². The van der Waals surface area contributed by atoms with Gasteiger partial charge in [-0.1, -0.05) is 38.8 Å². The standard InChI is InChI=1S/C24H35F3N4O4/c1-15(2)13-31-21-20(22(33)30(3)23(31)34)28-17(10-5-4-8-12-32)18(29-21)14-35-19-11-7-6-9-16(19)24(25,26)27/h6-7,9,11,15,17-18,20-21,28-29,32H,4-5,8,10,12-14H2,1-3H3. The van der Waals surface area contributed by atoms with Crippen LogP contribution in [0.25, 0.3) is 0 Å². The van der Waals surface area contributed by atoms with E-state index in [1.54, 1.807) is 4.90 Å². The number of hydrogen-bond donors (Lipinski definition) is 3. The van der Waals surface area contributed by atoms with Gasteiger partial charge in [0, 0.05) is 26.2 Å². The van der Waals surface area contributed by atoms with E-state index < -0.39 is 36.0 Å². The molecule has 1 aromatic rings. The Morgan fingerprint density at radius 3 is 2.46 bits per heavy atom. The van der Waals surface area contributed by atoms with Crippen molar-refractivity contribution in [3.8, 4) is 5.75 Å². The third-order valence-electron chi connectivity index (χ3n) is 6.39. The number of hydrogen-bond acceptors (Lipinski definition) is 6. The molecule has 2 saturated heterocycles. The molecule has 4 unspecified atom stereocenters. The molecule has 0 aliphatic carbocycles. The van der Waals surface area contributed by atoms with Crippen LogP contribution in [0.3, 0.4) is 0 Å². The van der Waals surface area contributed by atoms with Crippen LogP contribution in [0.2, 0.25) is 0 Å². The molecule has 8 nitrogen and oxygen atoms in total. The number of imide groups is 1. The Hall–Kier alpha value is -2.37. The van der Waals surface area contributed by atoms with E-state index in [0.717, 1.165) is 23.8 Å². The molecule has 0 saturated carbocycles. The molecule has 0 radical (unpaired) electrons. The Morgan fingerprint density at radius 2 is 1.80 bits per heavy atom. The van der Waals surface area contributed by atoms with Crippen molar-refractivity contribution in [2.24, 2.45) is 5.92 Å². The predicted molar refractivity (Wildman–Crippen MR) is 124 cm³/mol. The largest absolute Gasteiger partial charge is 0.491 e. The number of urea groups is 1. The van der Waals surface area contributed by atoms with Gasteiger partial charge in [0.2, 0.25) is 0 Å². The highest BCUT2D eigenvalue weighted by atomic mass is 19.4. The van der Waals surface area contributed by atoms with Gasteiger partial charge < -0.3 is 14.7 Å². The molecule has 35 heavy (non-hydrogen) atoms. The number of fused-ring (bicyclic) bond motifs is 1. The average Bonchev–Trinajstić information content (AvgIpc) is 2.81. The fourth-order valence-corrected chi connectivity index (χ4v) is 4.65. The van der Waals surface area contributed by atoms with Crippen LogP contribution in [0.15, 0.2) is 24.3 Å². The van der Waals surface area contributed by atoms with Crippen molar-refractivity contribution in [1.29, 1.82) is 0 Å². The molecule has 3 amide bonds. The van der Waals surface area contributed by atoms with Crippen molar-refractivity contribution in [3.05, 3.63) is 29.8 Å². The second-order valence-electron chi connectivity index (χ2n) is 9.57. The summed E-state index contributed by atoms with van der Waals surface area (Å²) in [6, 6.07) is 3.22. The lowest BCUT2D eigenvalue weighted by Crippen LogP contribution is -2.79. The Morgan fingerprint density at radius 1 is 1.09 bits per heavy atom. The van der Waals surface area contributed by atoms with E-state index in [9.17, 15) is 22.8 Å². The lowest BCUT2D eigenvalue weighted by molar-refractivity contribution is -0.140. The molecule has 3 N–H and O–H groups in total. The van der Waals surface area contributed by atoms with Gasteiger partial charge in [0.1, 0.15) is 24.6 Å². The van der Waals surface area contributed by atoms with E-state index in [1.165, 1.54) is 25.2 Å². The molecule has 0 aromatic heterocycles. The van der Waals surface area contributed by atoms with Crippen molar-refractivity contribution in [2.75, 3.05) is 26.8 Å². The summed E-state index contributed by atoms with van der Waals surface area (Å²) >= 11 is 0. The number of amides is 3. The molecule has 0 spiro atoms. The predicted octanol–water partition coefficient (Wildman–Crippen LogP) is 2.81. The van der Waals surface area contributed by atoms with Gasteiger partial charge in [-0.3, -0.25) is 20.3 Å². The Kier molecular flexibility index (Phi) is 9.00. The number of carbonyl (C=O) groups excluding carboxylic acids is 2. The molecule has 196 valence electrons. The zero-order chi connectivity index (χ0) is 25.8. The fourth-order valence-electron chi connectivity index (χ4n) is 4.65. The van der Waals surface area contributed by atoms with E-state index in [0.29, 0.717) is 19.4 Å². The number of aliphatic hydroxyl groups is 1. The Balaban J connectivity index is 1.83. The number of rotatable bonds is 10. The Labute approximate surface area is 203 Å². The number of nitrogens with zero attached hydrogens (tertiary/aromatic N) is 2. The number of aliphatic hydroxyl groups excluding tert-OH is 1. The highest BCUT2D eigenvalue weighted by molar-refractivity contribution is 6.00. The minimum Gasteiger partial charge on any atom is -0.491 e. The molecule has 0 bridgehead atoms. The second kappa shape index (κ2) is 11.6. The average molecular weight is 501 g/mol. The van der Waals surface area contributed by atoms with E-state index in [2.05, 4.69) is 10.6 Å². The fraction of sp³-hybridized carbons (Fsp3) is 0.667. The first-order valence-electron chi connectivity index (χ1n) is 12.0. The number of ether oxygens (including phenoxy) is 1. The number of piperazine rings is 1. The van der Waals surface area contributed by atoms with Gasteiger partial charge in [0.25, 0.3) is 5.91 Å². The van der Waals surface area contributed by atoms with Crippen molar-refractivity contribution >= 4 is 11.9 Å². The number of carbonyl (C=O) groups is 2. The van der Waals surface area contributed by atoms with Gasteiger partial charge in [-0.15, -0.1) is 0 Å². The SMILES string of the molecule is CC(C)CN1C(=O)N(C)C(=O)C2NC(CCCCCO)C(COc3ccccc3C(F)(F)F)NC21. The highest BCUT2D eigenvalue weighted by Crippen LogP contribution is 2.36. The van der Waals surface area contributed by atoms with Crippen molar-refractivity contribution in [1.82, 2.24) is 20.4 Å². The summed E-state index contributed by atoms with van der Waals surface area (Å²) in [6.07, 6.45) is -2.39. The minimum atomic E-state index is -4.55. The smallest absolute Gasteiger partial charge is 0.419 e. The molecule has 2 aliphatic rings. The number of unbranched alkanes of at least 4 members (excludes halogenated alkanes) is 2. The van der Waals surface area contributed by atoms with Crippen molar-refractivity contribution < 1.29 is 32.6 Å². The molecule has 2 aliphatic heterocycles. The van der Waals surface area contributed by atoms with Gasteiger partial charge in [0.05, 0.1) is 11.6 Å². The summed E-state index contributed by atoms with van der Waals surface area (Å²) < 4.78 is 46.0. The monoisotopic (exact) mass is 500 g/mol. The summed E-state index contributed by atoms with van der Waals surface area (Å²) in [7, 11) is 1.45.